The highest BCUT2D eigenvalue weighted by atomic mass is 127. The normalized spacial score (nSPS) is 13.3. The minimum Gasteiger partial charge on any atom is -0.465 e. The first kappa shape index (κ1) is 61.9. The summed E-state index contributed by atoms with van der Waals surface area (Å²) in [5, 5.41) is 15.2. The van der Waals surface area contributed by atoms with E-state index in [4.69, 9.17) is 9.47 Å². The van der Waals surface area contributed by atoms with Crippen molar-refractivity contribution in [2.75, 3.05) is 50.3 Å². The van der Waals surface area contributed by atoms with Crippen LogP contribution in [0, 0.1) is 17.4 Å². The Balaban J connectivity index is 0.000000227. The lowest BCUT2D eigenvalue weighted by Crippen LogP contribution is -2.30. The predicted molar refractivity (Wildman–Crippen MR) is 300 cm³/mol. The second kappa shape index (κ2) is 27.2. The molecule has 0 fully saturated rings. The fourth-order valence-electron chi connectivity index (χ4n) is 8.82. The zero-order valence-corrected chi connectivity index (χ0v) is 48.8. The van der Waals surface area contributed by atoms with Crippen LogP contribution in [0.5, 0.6) is 0 Å². The van der Waals surface area contributed by atoms with Gasteiger partial charge in [0.2, 0.25) is 0 Å². The molecule has 4 aromatic carbocycles. The standard InChI is InChI=1S/C28H30F2N4O5.C24H25IN4O3.C4H5BrF2O2/c1-5-39-27(37)28(29,30)22-8-6-7-19(15-22)16-33-13-14-34-25(33)23(18(3)32-34)24(35)31-17(2)20-9-11-21(12-10-20)26(36)38-4;1-15(18-7-9-19(10-8-18)24(31)32-3)26-22(30)21-16(2)27-29-12-11-28(23(21)29)14-17-5-4-6-20(25)13-17;1-2-9-3(8)4(5,6)7/h6-12,15,17H,5,13-14,16H2,1-4H3,(H,31,35);4-10,13,15H,11-12,14H2,1-3H3,(H,26,30);2H2,1H3/t17-;15-;/m00./s1. The van der Waals surface area contributed by atoms with Crippen molar-refractivity contribution >= 4 is 85.8 Å². The molecule has 2 amide bonds. The Kier molecular flexibility index (Phi) is 21.0. The molecule has 0 unspecified atom stereocenters. The van der Waals surface area contributed by atoms with Gasteiger partial charge in [0.25, 0.3) is 11.8 Å². The van der Waals surface area contributed by atoms with Crippen molar-refractivity contribution < 1.29 is 65.3 Å². The number of aromatic nitrogens is 4. The molecule has 0 bridgehead atoms. The number of amides is 2. The molecule has 2 atom stereocenters. The molecular formula is C56H60BrF4IN8O10. The van der Waals surface area contributed by atoms with E-state index in [1.54, 1.807) is 54.1 Å². The molecule has 4 heterocycles. The van der Waals surface area contributed by atoms with Crippen LogP contribution in [0.3, 0.4) is 0 Å². The highest BCUT2D eigenvalue weighted by Gasteiger charge is 2.43. The maximum absolute atomic E-state index is 14.6. The Hall–Kier alpha value is -7.35. The molecule has 2 aromatic heterocycles. The lowest BCUT2D eigenvalue weighted by Gasteiger charge is -2.21. The van der Waals surface area contributed by atoms with Gasteiger partial charge in [0, 0.05) is 51.2 Å². The van der Waals surface area contributed by atoms with Crippen LogP contribution < -0.4 is 20.4 Å². The van der Waals surface area contributed by atoms with Crippen LogP contribution in [0.15, 0.2) is 97.1 Å². The maximum Gasteiger partial charge on any atom is 0.395 e. The van der Waals surface area contributed by atoms with Crippen molar-refractivity contribution in [1.82, 2.24) is 30.2 Å². The van der Waals surface area contributed by atoms with E-state index < -0.39 is 34.2 Å². The number of aryl methyl sites for hydroxylation is 2. The molecule has 0 aliphatic carbocycles. The number of rotatable bonds is 17. The number of methoxy groups -OCH3 is 2. The number of hydrogen-bond acceptors (Lipinski definition) is 14. The van der Waals surface area contributed by atoms with Gasteiger partial charge in [-0.2, -0.15) is 27.8 Å². The van der Waals surface area contributed by atoms with E-state index in [-0.39, 0.29) is 49.6 Å². The van der Waals surface area contributed by atoms with Gasteiger partial charge in [-0.15, -0.1) is 0 Å². The molecule has 8 rings (SSSR count). The number of anilines is 2. The number of nitrogens with one attached hydrogen (secondary N) is 2. The first-order valence-electron chi connectivity index (χ1n) is 25.2. The molecule has 24 heteroatoms. The quantitative estimate of drug-likeness (QED) is 0.0287. The molecule has 80 heavy (non-hydrogen) atoms. The number of alkyl halides is 5. The lowest BCUT2D eigenvalue weighted by atomic mass is 10.0. The number of hydrogen-bond donors (Lipinski definition) is 2. The number of nitrogens with zero attached hydrogens (tertiary/aromatic N) is 6. The molecule has 2 aliphatic heterocycles. The van der Waals surface area contributed by atoms with Crippen molar-refractivity contribution in [2.45, 2.75) is 90.6 Å². The second-order valence-electron chi connectivity index (χ2n) is 18.3. The number of fused-ring (bicyclic) bond motifs is 2. The number of esters is 4. The van der Waals surface area contributed by atoms with Crippen LogP contribution in [-0.2, 0) is 60.6 Å². The molecule has 18 nitrogen and oxygen atoms in total. The van der Waals surface area contributed by atoms with Gasteiger partial charge >= 0.3 is 34.6 Å². The van der Waals surface area contributed by atoms with Gasteiger partial charge in [-0.1, -0.05) is 54.6 Å². The van der Waals surface area contributed by atoms with Crippen molar-refractivity contribution in [3.05, 3.63) is 162 Å². The number of benzene rings is 4. The number of halogens is 6. The Morgan fingerprint density at radius 1 is 0.625 bits per heavy atom. The lowest BCUT2D eigenvalue weighted by molar-refractivity contribution is -0.173. The van der Waals surface area contributed by atoms with Gasteiger partial charge in [-0.25, -0.2) is 28.5 Å². The Morgan fingerprint density at radius 2 is 1.04 bits per heavy atom. The van der Waals surface area contributed by atoms with Crippen molar-refractivity contribution in [3.63, 3.8) is 0 Å². The monoisotopic (exact) mass is 1290 g/mol. The van der Waals surface area contributed by atoms with Gasteiger partial charge in [0.05, 0.1) is 75.1 Å². The summed E-state index contributed by atoms with van der Waals surface area (Å²) >= 11 is 4.15. The van der Waals surface area contributed by atoms with Gasteiger partial charge in [-0.05, 0) is 129 Å². The van der Waals surface area contributed by atoms with Gasteiger partial charge in [-0.3, -0.25) is 9.59 Å². The molecule has 2 N–H and O–H groups in total. The first-order valence-corrected chi connectivity index (χ1v) is 27.0. The maximum atomic E-state index is 14.6. The molecule has 0 saturated heterocycles. The summed E-state index contributed by atoms with van der Waals surface area (Å²) in [7, 11) is 2.66. The van der Waals surface area contributed by atoms with Gasteiger partial charge in [0.1, 0.15) is 22.8 Å². The minimum atomic E-state index is -3.77. The average Bonchev–Trinajstić information content (AvgIpc) is 4.24. The third-order valence-corrected chi connectivity index (χ3v) is 13.7. The SMILES string of the molecule is CCOC(=O)C(F)(F)Br.CCOC(=O)C(F)(F)c1cccc(CN2CCn3nc(C)c(C(=O)N[C@@H](C)c4ccc(C(=O)OC)cc4)c32)c1.COC(=O)c1ccc([C@H](C)NC(=O)c2c(C)nn3c2N(Cc2cccc(I)c2)CC3)cc1. The first-order chi connectivity index (χ1) is 37.9. The molecule has 426 valence electrons. The molecule has 0 spiro atoms. The van der Waals surface area contributed by atoms with Crippen LogP contribution in [0.25, 0.3) is 0 Å². The zero-order chi connectivity index (χ0) is 58.6. The molecule has 0 radical (unpaired) electrons. The minimum absolute atomic E-state index is 0.0416. The largest absolute Gasteiger partial charge is 0.465 e. The topological polar surface area (TPSA) is 206 Å². The number of carbonyl (C=O) groups is 6. The van der Waals surface area contributed by atoms with E-state index in [0.717, 1.165) is 42.3 Å². The average molecular weight is 1290 g/mol. The summed E-state index contributed by atoms with van der Waals surface area (Å²) in [4.78, 5) is 72.4. The Bertz CT molecular complexity index is 3210. The summed E-state index contributed by atoms with van der Waals surface area (Å²) in [6.07, 6.45) is 0. The third-order valence-electron chi connectivity index (χ3n) is 12.7. The van der Waals surface area contributed by atoms with Crippen molar-refractivity contribution in [3.8, 4) is 0 Å². The van der Waals surface area contributed by atoms with Crippen LogP contribution in [0.1, 0.15) is 120 Å². The van der Waals surface area contributed by atoms with Crippen molar-refractivity contribution in [1.29, 1.82) is 0 Å². The highest BCUT2D eigenvalue weighted by molar-refractivity contribution is 14.1. The zero-order valence-electron chi connectivity index (χ0n) is 45.1. The Labute approximate surface area is 481 Å². The molecule has 6 aromatic rings. The third kappa shape index (κ3) is 15.1. The van der Waals surface area contributed by atoms with Crippen molar-refractivity contribution in [2.24, 2.45) is 0 Å². The summed E-state index contributed by atoms with van der Waals surface area (Å²) in [6, 6.07) is 27.3. The summed E-state index contributed by atoms with van der Waals surface area (Å²) in [5.41, 5.74) is 6.18. The predicted octanol–water partition coefficient (Wildman–Crippen LogP) is 9.78. The van der Waals surface area contributed by atoms with E-state index in [0.29, 0.717) is 52.4 Å². The molecule has 2 aliphatic rings. The van der Waals surface area contributed by atoms with Gasteiger partial charge in [0.15, 0.2) is 0 Å². The van der Waals surface area contributed by atoms with Crippen LogP contribution in [-0.4, -0.2) is 101 Å². The summed E-state index contributed by atoms with van der Waals surface area (Å²) in [6.45, 7) is 13.7. The van der Waals surface area contributed by atoms with Crippen LogP contribution >= 0.6 is 38.5 Å². The smallest absolute Gasteiger partial charge is 0.395 e. The van der Waals surface area contributed by atoms with E-state index >= 15 is 0 Å². The van der Waals surface area contributed by atoms with E-state index in [1.807, 2.05) is 58.4 Å². The molecule has 0 saturated carbocycles. The van der Waals surface area contributed by atoms with Crippen LogP contribution in [0.4, 0.5) is 29.2 Å². The highest BCUT2D eigenvalue weighted by Crippen LogP contribution is 2.35. The van der Waals surface area contributed by atoms with E-state index in [9.17, 15) is 46.3 Å². The fraction of sp³-hybridized carbons (Fsp3) is 0.357. The van der Waals surface area contributed by atoms with E-state index in [2.05, 4.69) is 82.1 Å². The van der Waals surface area contributed by atoms with Crippen LogP contribution in [0.2, 0.25) is 0 Å². The number of carbonyl (C=O) groups excluding carboxylic acids is 6. The fourth-order valence-corrected chi connectivity index (χ4v) is 9.55. The summed E-state index contributed by atoms with van der Waals surface area (Å²) < 4.78 is 75.5. The van der Waals surface area contributed by atoms with Gasteiger partial charge < -0.3 is 39.4 Å². The Morgan fingerprint density at radius 3 is 1.43 bits per heavy atom. The number of ether oxygens (including phenoxy) is 4. The second-order valence-corrected chi connectivity index (χ2v) is 20.6. The summed E-state index contributed by atoms with van der Waals surface area (Å²) in [5.74, 6) is -6.75. The molecular weight excluding hydrogens is 1230 g/mol. The van der Waals surface area contributed by atoms with E-state index in [1.165, 1.54) is 55.4 Å².